The molecule has 0 fully saturated rings. The Bertz CT molecular complexity index is 1130. The van der Waals surface area contributed by atoms with Crippen molar-refractivity contribution in [1.82, 2.24) is 14.7 Å². The number of nitrogens with one attached hydrogen (secondary N) is 1. The number of thiophene rings is 1. The van der Waals surface area contributed by atoms with Gasteiger partial charge in [-0.3, -0.25) is 9.20 Å². The first kappa shape index (κ1) is 18.8. The molecule has 1 unspecified atom stereocenters. The highest BCUT2D eigenvalue weighted by atomic mass is 32.1. The van der Waals surface area contributed by atoms with Gasteiger partial charge in [-0.1, -0.05) is 13.0 Å². The predicted molar refractivity (Wildman–Crippen MR) is 113 cm³/mol. The maximum atomic E-state index is 12.7. The Morgan fingerprint density at radius 1 is 1.32 bits per heavy atom. The average molecular weight is 416 g/mol. The Morgan fingerprint density at radius 2 is 2.18 bits per heavy atom. The van der Waals surface area contributed by atoms with Crippen molar-refractivity contribution in [3.8, 4) is 11.5 Å². The lowest BCUT2D eigenvalue weighted by molar-refractivity contribution is 0.0944. The van der Waals surface area contributed by atoms with Crippen molar-refractivity contribution in [3.63, 3.8) is 0 Å². The fraction of sp³-hybridized carbons (Fsp3) is 0.300. The first-order valence-electron chi connectivity index (χ1n) is 9.07. The number of ether oxygens (including phenoxy) is 2. The number of aromatic nitrogens is 2. The van der Waals surface area contributed by atoms with E-state index >= 15 is 0 Å². The van der Waals surface area contributed by atoms with Crippen LogP contribution in [0.15, 0.2) is 35.8 Å². The Hall–Kier alpha value is -2.58. The normalized spacial score (nSPS) is 12.4. The van der Waals surface area contributed by atoms with E-state index in [9.17, 15) is 4.79 Å². The van der Waals surface area contributed by atoms with E-state index in [1.54, 1.807) is 18.4 Å². The number of carbonyl (C=O) groups is 1. The van der Waals surface area contributed by atoms with Crippen LogP contribution >= 0.6 is 22.7 Å². The molecule has 3 aromatic heterocycles. The second-order valence-electron chi connectivity index (χ2n) is 6.42. The third-order valence-electron chi connectivity index (χ3n) is 4.46. The summed E-state index contributed by atoms with van der Waals surface area (Å²) in [6.45, 7) is 4.65. The lowest BCUT2D eigenvalue weighted by Gasteiger charge is -2.16. The molecule has 0 aliphatic carbocycles. The van der Waals surface area contributed by atoms with Gasteiger partial charge in [-0.2, -0.15) is 0 Å². The molecule has 3 heterocycles. The van der Waals surface area contributed by atoms with Gasteiger partial charge in [0.15, 0.2) is 16.5 Å². The van der Waals surface area contributed by atoms with Crippen molar-refractivity contribution in [1.29, 1.82) is 0 Å². The second-order valence-corrected chi connectivity index (χ2v) is 8.33. The van der Waals surface area contributed by atoms with Gasteiger partial charge in [-0.15, -0.1) is 22.7 Å². The van der Waals surface area contributed by atoms with Gasteiger partial charge in [0.25, 0.3) is 5.91 Å². The highest BCUT2D eigenvalue weighted by Crippen LogP contribution is 2.31. The average Bonchev–Trinajstić information content (AvgIpc) is 3.38. The van der Waals surface area contributed by atoms with E-state index in [2.05, 4.69) is 17.2 Å². The highest BCUT2D eigenvalue weighted by Gasteiger charge is 2.18. The number of nitrogens with zero attached hydrogens (tertiary/aromatic N) is 2. The summed E-state index contributed by atoms with van der Waals surface area (Å²) in [5, 5.41) is 5.05. The standard InChI is InChI=1S/C20H21N3O3S2/c1-4-8-26-15-6-5-13(10-16(15)25-3)12(2)21-18(24)17-11-14-19(28-17)22-20-23(14)7-9-27-20/h5-7,9-12H,4,8H2,1-3H3,(H,21,24). The molecule has 28 heavy (non-hydrogen) atoms. The van der Waals surface area contributed by atoms with Crippen molar-refractivity contribution in [3.05, 3.63) is 46.3 Å². The van der Waals surface area contributed by atoms with Crippen molar-refractivity contribution in [2.24, 2.45) is 0 Å². The Kier molecular flexibility index (Phi) is 5.23. The third kappa shape index (κ3) is 3.45. The third-order valence-corrected chi connectivity index (χ3v) is 6.23. The first-order chi connectivity index (χ1) is 13.6. The van der Waals surface area contributed by atoms with Crippen LogP contribution < -0.4 is 14.8 Å². The van der Waals surface area contributed by atoms with Crippen LogP contribution in [0, 0.1) is 0 Å². The zero-order chi connectivity index (χ0) is 19.7. The van der Waals surface area contributed by atoms with Crippen molar-refractivity contribution in [2.75, 3.05) is 13.7 Å². The van der Waals surface area contributed by atoms with Crippen LogP contribution in [-0.2, 0) is 0 Å². The molecule has 1 aromatic carbocycles. The molecule has 1 N–H and O–H groups in total. The van der Waals surface area contributed by atoms with Gasteiger partial charge in [-0.25, -0.2) is 4.98 Å². The van der Waals surface area contributed by atoms with E-state index in [0.717, 1.165) is 27.3 Å². The summed E-state index contributed by atoms with van der Waals surface area (Å²) in [5.74, 6) is 1.28. The van der Waals surface area contributed by atoms with Gasteiger partial charge >= 0.3 is 0 Å². The van der Waals surface area contributed by atoms with Crippen molar-refractivity contribution < 1.29 is 14.3 Å². The van der Waals surface area contributed by atoms with Crippen LogP contribution in [0.1, 0.15) is 41.5 Å². The smallest absolute Gasteiger partial charge is 0.261 e. The van der Waals surface area contributed by atoms with Crippen LogP contribution in [0.5, 0.6) is 11.5 Å². The maximum Gasteiger partial charge on any atom is 0.261 e. The number of hydrogen-bond donors (Lipinski definition) is 1. The van der Waals surface area contributed by atoms with E-state index in [-0.39, 0.29) is 11.9 Å². The quantitative estimate of drug-likeness (QED) is 0.466. The van der Waals surface area contributed by atoms with Crippen LogP contribution in [0.3, 0.4) is 0 Å². The van der Waals surface area contributed by atoms with E-state index < -0.39 is 0 Å². The molecule has 0 aliphatic heterocycles. The number of rotatable bonds is 7. The Labute approximate surface area is 170 Å². The lowest BCUT2D eigenvalue weighted by Crippen LogP contribution is -2.25. The summed E-state index contributed by atoms with van der Waals surface area (Å²) in [5.41, 5.74) is 1.93. The zero-order valence-corrected chi connectivity index (χ0v) is 17.5. The molecule has 4 rings (SSSR count). The Morgan fingerprint density at radius 3 is 2.96 bits per heavy atom. The van der Waals surface area contributed by atoms with E-state index in [1.165, 1.54) is 11.3 Å². The summed E-state index contributed by atoms with van der Waals surface area (Å²) in [6, 6.07) is 7.49. The molecule has 0 bridgehead atoms. The number of methoxy groups -OCH3 is 1. The number of amides is 1. The predicted octanol–water partition coefficient (Wildman–Crippen LogP) is 4.90. The molecule has 0 saturated carbocycles. The Balaban J connectivity index is 1.51. The van der Waals surface area contributed by atoms with Crippen LogP contribution in [0.2, 0.25) is 0 Å². The van der Waals surface area contributed by atoms with Crippen LogP contribution in [0.25, 0.3) is 15.3 Å². The molecular weight excluding hydrogens is 394 g/mol. The minimum Gasteiger partial charge on any atom is -0.493 e. The van der Waals surface area contributed by atoms with Gasteiger partial charge in [0.1, 0.15) is 4.83 Å². The SMILES string of the molecule is CCCOc1ccc(C(C)NC(=O)c2cc3c(nc4sccn43)s2)cc1OC. The number of carbonyl (C=O) groups excluding carboxylic acids is 1. The minimum atomic E-state index is -0.167. The zero-order valence-electron chi connectivity index (χ0n) is 15.9. The van der Waals surface area contributed by atoms with Crippen molar-refractivity contribution >= 4 is 43.9 Å². The summed E-state index contributed by atoms with van der Waals surface area (Å²) >= 11 is 3.00. The molecule has 0 spiro atoms. The molecule has 0 saturated heterocycles. The number of benzene rings is 1. The van der Waals surface area contributed by atoms with E-state index in [0.29, 0.717) is 23.0 Å². The number of fused-ring (bicyclic) bond motifs is 3. The fourth-order valence-electron chi connectivity index (χ4n) is 3.00. The molecule has 4 aromatic rings. The molecule has 6 nitrogen and oxygen atoms in total. The monoisotopic (exact) mass is 415 g/mol. The van der Waals surface area contributed by atoms with E-state index in [4.69, 9.17) is 9.47 Å². The van der Waals surface area contributed by atoms with Gasteiger partial charge in [0, 0.05) is 11.6 Å². The second kappa shape index (κ2) is 7.81. The van der Waals surface area contributed by atoms with Crippen molar-refractivity contribution in [2.45, 2.75) is 26.3 Å². The number of imidazole rings is 1. The maximum absolute atomic E-state index is 12.7. The molecule has 0 aliphatic rings. The molecule has 146 valence electrons. The molecule has 0 radical (unpaired) electrons. The summed E-state index contributed by atoms with van der Waals surface area (Å²) < 4.78 is 13.1. The first-order valence-corrected chi connectivity index (χ1v) is 10.8. The fourth-order valence-corrected chi connectivity index (χ4v) is 4.70. The van der Waals surface area contributed by atoms with Gasteiger partial charge in [0.2, 0.25) is 0 Å². The van der Waals surface area contributed by atoms with Gasteiger partial charge < -0.3 is 14.8 Å². The number of thiazole rings is 1. The van der Waals surface area contributed by atoms with Gasteiger partial charge in [-0.05, 0) is 37.1 Å². The summed E-state index contributed by atoms with van der Waals surface area (Å²) in [6.07, 6.45) is 2.90. The van der Waals surface area contributed by atoms with E-state index in [1.807, 2.05) is 47.2 Å². The number of hydrogen-bond acceptors (Lipinski definition) is 6. The summed E-state index contributed by atoms with van der Waals surface area (Å²) in [4.78, 5) is 19.8. The minimum absolute atomic E-state index is 0.107. The van der Waals surface area contributed by atoms with Crippen LogP contribution in [0.4, 0.5) is 0 Å². The molecule has 8 heteroatoms. The molecule has 1 amide bonds. The van der Waals surface area contributed by atoms with Gasteiger partial charge in [0.05, 0.1) is 30.2 Å². The highest BCUT2D eigenvalue weighted by molar-refractivity contribution is 7.21. The largest absolute Gasteiger partial charge is 0.493 e. The summed E-state index contributed by atoms with van der Waals surface area (Å²) in [7, 11) is 1.62. The molecular formula is C20H21N3O3S2. The topological polar surface area (TPSA) is 64.9 Å². The van der Waals surface area contributed by atoms with Crippen LogP contribution in [-0.4, -0.2) is 29.0 Å². The lowest BCUT2D eigenvalue weighted by atomic mass is 10.1. The molecule has 1 atom stereocenters.